The van der Waals surface area contributed by atoms with Gasteiger partial charge in [-0.2, -0.15) is 0 Å². The van der Waals surface area contributed by atoms with Crippen LogP contribution < -0.4 is 5.19 Å². The normalized spacial score (nSPS) is 18.3. The molecule has 0 bridgehead atoms. The van der Waals surface area contributed by atoms with Crippen LogP contribution in [0.3, 0.4) is 0 Å². The molecule has 1 aliphatic heterocycles. The van der Waals surface area contributed by atoms with Crippen LogP contribution in [0.1, 0.15) is 5.56 Å². The average molecular weight is 259 g/mol. The summed E-state index contributed by atoms with van der Waals surface area (Å²) < 4.78 is 0. The lowest BCUT2D eigenvalue weighted by Crippen LogP contribution is -2.51. The SMILES string of the molecule is C[Si](C)(C)C1=CC=Cc2ccccc2[Si]1(C)C. The summed E-state index contributed by atoms with van der Waals surface area (Å²) in [4.78, 5) is 1.77. The number of allylic oxidation sites excluding steroid dienone is 2. The van der Waals surface area contributed by atoms with Crippen LogP contribution in [0.4, 0.5) is 0 Å². The highest BCUT2D eigenvalue weighted by Gasteiger charge is 2.37. The molecule has 1 heterocycles. The van der Waals surface area contributed by atoms with Gasteiger partial charge < -0.3 is 0 Å². The molecule has 0 radical (unpaired) electrons. The molecule has 0 amide bonds. The molecule has 17 heavy (non-hydrogen) atoms. The highest BCUT2D eigenvalue weighted by atomic mass is 28.4. The van der Waals surface area contributed by atoms with E-state index in [9.17, 15) is 0 Å². The van der Waals surface area contributed by atoms with Crippen LogP contribution >= 0.6 is 0 Å². The second kappa shape index (κ2) is 4.11. The predicted molar refractivity (Wildman–Crippen MR) is 84.0 cm³/mol. The van der Waals surface area contributed by atoms with Crippen molar-refractivity contribution in [1.82, 2.24) is 0 Å². The Morgan fingerprint density at radius 3 is 2.29 bits per heavy atom. The third kappa shape index (κ3) is 2.24. The van der Waals surface area contributed by atoms with Crippen molar-refractivity contribution in [3.05, 3.63) is 46.8 Å². The first-order valence-corrected chi connectivity index (χ1v) is 12.8. The Morgan fingerprint density at radius 1 is 1.00 bits per heavy atom. The largest absolute Gasteiger partial charge is 0.104 e. The van der Waals surface area contributed by atoms with E-state index in [1.165, 1.54) is 5.56 Å². The summed E-state index contributed by atoms with van der Waals surface area (Å²) in [6.07, 6.45) is 6.95. The molecular formula is C15H22Si2. The average Bonchev–Trinajstić information content (AvgIpc) is 2.35. The van der Waals surface area contributed by atoms with Gasteiger partial charge >= 0.3 is 0 Å². The molecule has 0 unspecified atom stereocenters. The van der Waals surface area contributed by atoms with Gasteiger partial charge in [-0.1, -0.05) is 80.0 Å². The summed E-state index contributed by atoms with van der Waals surface area (Å²) in [5, 5.41) is 1.60. The lowest BCUT2D eigenvalue weighted by Gasteiger charge is -2.34. The van der Waals surface area contributed by atoms with Crippen molar-refractivity contribution in [1.29, 1.82) is 0 Å². The van der Waals surface area contributed by atoms with E-state index < -0.39 is 16.1 Å². The van der Waals surface area contributed by atoms with Crippen LogP contribution in [0.2, 0.25) is 32.7 Å². The summed E-state index contributed by atoms with van der Waals surface area (Å²) >= 11 is 0. The summed E-state index contributed by atoms with van der Waals surface area (Å²) in [7, 11) is -2.69. The Labute approximate surface area is 107 Å². The lowest BCUT2D eigenvalue weighted by molar-refractivity contribution is 1.63. The minimum atomic E-state index is -1.47. The van der Waals surface area contributed by atoms with Crippen LogP contribution in [0.15, 0.2) is 41.2 Å². The minimum Gasteiger partial charge on any atom is -0.0864 e. The number of hydrogen-bond donors (Lipinski definition) is 0. The van der Waals surface area contributed by atoms with Crippen molar-refractivity contribution in [3.8, 4) is 0 Å². The quantitative estimate of drug-likeness (QED) is 0.669. The van der Waals surface area contributed by atoms with Gasteiger partial charge in [0.25, 0.3) is 0 Å². The zero-order valence-corrected chi connectivity index (χ0v) is 13.5. The van der Waals surface area contributed by atoms with Crippen molar-refractivity contribution in [2.24, 2.45) is 0 Å². The van der Waals surface area contributed by atoms with E-state index in [1.54, 1.807) is 10.0 Å². The molecule has 1 aromatic rings. The first-order chi connectivity index (χ1) is 7.83. The molecule has 0 aromatic heterocycles. The molecule has 0 saturated carbocycles. The molecule has 0 nitrogen and oxygen atoms in total. The molecule has 0 fully saturated rings. The molecule has 0 atom stereocenters. The number of benzene rings is 1. The minimum absolute atomic E-state index is 1.22. The number of fused-ring (bicyclic) bond motifs is 1. The third-order valence-electron chi connectivity index (χ3n) is 3.65. The van der Waals surface area contributed by atoms with Gasteiger partial charge in [-0.05, 0) is 10.8 Å². The number of hydrogen-bond acceptors (Lipinski definition) is 0. The van der Waals surface area contributed by atoms with Crippen molar-refractivity contribution in [3.63, 3.8) is 0 Å². The zero-order valence-electron chi connectivity index (χ0n) is 11.5. The molecule has 90 valence electrons. The molecule has 0 aliphatic carbocycles. The Balaban J connectivity index is 2.64. The van der Waals surface area contributed by atoms with E-state index in [4.69, 9.17) is 0 Å². The molecule has 1 aliphatic rings. The maximum absolute atomic E-state index is 2.50. The predicted octanol–water partition coefficient (Wildman–Crippen LogP) is 3.97. The Hall–Kier alpha value is -0.866. The maximum Gasteiger partial charge on any atom is 0.104 e. The molecule has 2 rings (SSSR count). The summed E-state index contributed by atoms with van der Waals surface area (Å²) in [6, 6.07) is 8.93. The van der Waals surface area contributed by atoms with Crippen molar-refractivity contribution < 1.29 is 0 Å². The van der Waals surface area contributed by atoms with E-state index in [0.717, 1.165) is 0 Å². The molecule has 0 saturated heterocycles. The van der Waals surface area contributed by atoms with Gasteiger partial charge in [-0.15, -0.1) is 0 Å². The second-order valence-corrected chi connectivity index (χ2v) is 16.3. The zero-order chi connectivity index (χ0) is 12.7. The Morgan fingerprint density at radius 2 is 1.65 bits per heavy atom. The summed E-state index contributed by atoms with van der Waals surface area (Å²) in [5.74, 6) is 0. The molecule has 2 heteroatoms. The monoisotopic (exact) mass is 258 g/mol. The van der Waals surface area contributed by atoms with Gasteiger partial charge in [0.2, 0.25) is 0 Å². The smallest absolute Gasteiger partial charge is 0.0864 e. The molecule has 0 N–H and O–H groups in total. The fraction of sp³-hybridized carbons (Fsp3) is 0.333. The standard InChI is InChI=1S/C15H22Si2/c1-16(2,3)15-12-8-10-13-9-6-7-11-14(13)17(15,4)5/h6-12H,1-5H3. The van der Waals surface area contributed by atoms with Gasteiger partial charge in [0.05, 0.1) is 8.07 Å². The van der Waals surface area contributed by atoms with Crippen LogP contribution in [-0.2, 0) is 0 Å². The third-order valence-corrected chi connectivity index (χ3v) is 12.9. The summed E-state index contributed by atoms with van der Waals surface area (Å²) in [5.41, 5.74) is 1.42. The van der Waals surface area contributed by atoms with E-state index in [-0.39, 0.29) is 0 Å². The van der Waals surface area contributed by atoms with Crippen LogP contribution in [0.5, 0.6) is 0 Å². The van der Waals surface area contributed by atoms with Gasteiger partial charge in [-0.3, -0.25) is 0 Å². The van der Waals surface area contributed by atoms with E-state index in [1.807, 2.05) is 0 Å². The van der Waals surface area contributed by atoms with Crippen LogP contribution in [-0.4, -0.2) is 16.1 Å². The van der Waals surface area contributed by atoms with E-state index in [2.05, 4.69) is 75.2 Å². The first kappa shape index (κ1) is 12.6. The molecular weight excluding hydrogens is 236 g/mol. The first-order valence-electron chi connectivity index (χ1n) is 6.32. The maximum atomic E-state index is 2.50. The number of rotatable bonds is 1. The Kier molecular flexibility index (Phi) is 3.04. The van der Waals surface area contributed by atoms with Crippen LogP contribution in [0, 0.1) is 0 Å². The van der Waals surface area contributed by atoms with Crippen molar-refractivity contribution in [2.45, 2.75) is 32.7 Å². The van der Waals surface area contributed by atoms with Crippen molar-refractivity contribution in [2.75, 3.05) is 0 Å². The topological polar surface area (TPSA) is 0 Å². The van der Waals surface area contributed by atoms with Gasteiger partial charge in [0, 0.05) is 0 Å². The van der Waals surface area contributed by atoms with Gasteiger partial charge in [0.1, 0.15) is 8.07 Å². The van der Waals surface area contributed by atoms with Crippen LogP contribution in [0.25, 0.3) is 6.08 Å². The highest BCUT2D eigenvalue weighted by Crippen LogP contribution is 2.28. The van der Waals surface area contributed by atoms with Crippen molar-refractivity contribution >= 4 is 27.4 Å². The Bertz CT molecular complexity index is 488. The second-order valence-electron chi connectivity index (χ2n) is 6.40. The molecule has 0 spiro atoms. The van der Waals surface area contributed by atoms with E-state index in [0.29, 0.717) is 0 Å². The fourth-order valence-electron chi connectivity index (χ4n) is 3.00. The highest BCUT2D eigenvalue weighted by molar-refractivity contribution is 7.11. The van der Waals surface area contributed by atoms with Gasteiger partial charge in [0.15, 0.2) is 0 Å². The lowest BCUT2D eigenvalue weighted by atomic mass is 10.2. The fourth-order valence-corrected chi connectivity index (χ4v) is 13.7. The van der Waals surface area contributed by atoms with E-state index >= 15 is 0 Å². The molecule has 1 aromatic carbocycles. The van der Waals surface area contributed by atoms with Gasteiger partial charge in [-0.25, -0.2) is 0 Å². The summed E-state index contributed by atoms with van der Waals surface area (Å²) in [6.45, 7) is 12.4.